The first kappa shape index (κ1) is 20.5. The number of ether oxygens (including phenoxy) is 2. The predicted octanol–water partition coefficient (Wildman–Crippen LogP) is 3.17. The number of fused-ring (bicyclic) bond motifs is 1. The van der Waals surface area contributed by atoms with Crippen LogP contribution in [0.25, 0.3) is 10.8 Å². The Morgan fingerprint density at radius 2 is 1.79 bits per heavy atom. The molecule has 0 aromatic heterocycles. The number of halogens is 1. The topological polar surface area (TPSA) is 54.9 Å². The molecule has 5 nitrogen and oxygen atoms in total. The SMILES string of the molecule is CCNC(=NCc1ccc2cc(OC)ccc2c1)NCCOC.I. The Labute approximate surface area is 160 Å². The van der Waals surface area contributed by atoms with Crippen LogP contribution in [0.5, 0.6) is 5.75 Å². The lowest BCUT2D eigenvalue weighted by atomic mass is 10.1. The maximum Gasteiger partial charge on any atom is 0.191 e. The van der Waals surface area contributed by atoms with Crippen molar-refractivity contribution in [3.63, 3.8) is 0 Å². The van der Waals surface area contributed by atoms with E-state index in [1.807, 2.05) is 12.1 Å². The van der Waals surface area contributed by atoms with Crippen LogP contribution in [-0.4, -0.2) is 39.9 Å². The molecule has 0 heterocycles. The van der Waals surface area contributed by atoms with E-state index in [9.17, 15) is 0 Å². The van der Waals surface area contributed by atoms with Crippen molar-refractivity contribution >= 4 is 40.7 Å². The molecule has 2 aromatic carbocycles. The summed E-state index contributed by atoms with van der Waals surface area (Å²) in [7, 11) is 3.37. The van der Waals surface area contributed by atoms with Crippen molar-refractivity contribution < 1.29 is 9.47 Å². The van der Waals surface area contributed by atoms with Gasteiger partial charge in [0.05, 0.1) is 20.3 Å². The Morgan fingerprint density at radius 1 is 1.04 bits per heavy atom. The van der Waals surface area contributed by atoms with E-state index in [0.717, 1.165) is 24.8 Å². The van der Waals surface area contributed by atoms with Crippen molar-refractivity contribution in [3.8, 4) is 5.75 Å². The molecule has 0 aliphatic rings. The molecule has 0 bridgehead atoms. The molecule has 0 radical (unpaired) electrons. The third-order valence-electron chi connectivity index (χ3n) is 3.47. The fourth-order valence-corrected chi connectivity index (χ4v) is 2.28. The number of hydrogen-bond donors (Lipinski definition) is 2. The zero-order valence-electron chi connectivity index (χ0n) is 14.5. The lowest BCUT2D eigenvalue weighted by molar-refractivity contribution is 0.203. The number of aliphatic imine (C=N–C) groups is 1. The van der Waals surface area contributed by atoms with E-state index in [1.54, 1.807) is 14.2 Å². The minimum Gasteiger partial charge on any atom is -0.497 e. The summed E-state index contributed by atoms with van der Waals surface area (Å²) in [6, 6.07) is 12.5. The molecule has 0 aliphatic carbocycles. The van der Waals surface area contributed by atoms with Crippen molar-refractivity contribution in [1.29, 1.82) is 0 Å². The fourth-order valence-electron chi connectivity index (χ4n) is 2.28. The Kier molecular flexibility index (Phi) is 9.48. The van der Waals surface area contributed by atoms with Gasteiger partial charge >= 0.3 is 0 Å². The lowest BCUT2D eigenvalue weighted by Gasteiger charge is -2.11. The average molecular weight is 443 g/mol. The van der Waals surface area contributed by atoms with E-state index in [0.29, 0.717) is 13.2 Å². The monoisotopic (exact) mass is 443 g/mol. The van der Waals surface area contributed by atoms with Crippen molar-refractivity contribution in [2.45, 2.75) is 13.5 Å². The number of benzene rings is 2. The Hall–Kier alpha value is -1.54. The largest absolute Gasteiger partial charge is 0.497 e. The van der Waals surface area contributed by atoms with Crippen LogP contribution >= 0.6 is 24.0 Å². The Bertz CT molecular complexity index is 662. The zero-order chi connectivity index (χ0) is 16.5. The van der Waals surface area contributed by atoms with Crippen LogP contribution < -0.4 is 15.4 Å². The van der Waals surface area contributed by atoms with Crippen LogP contribution in [-0.2, 0) is 11.3 Å². The van der Waals surface area contributed by atoms with E-state index >= 15 is 0 Å². The van der Waals surface area contributed by atoms with E-state index < -0.39 is 0 Å². The quantitative estimate of drug-likeness (QED) is 0.299. The molecule has 24 heavy (non-hydrogen) atoms. The molecular formula is C18H26IN3O2. The molecule has 0 saturated heterocycles. The smallest absolute Gasteiger partial charge is 0.191 e. The average Bonchev–Trinajstić information content (AvgIpc) is 2.59. The van der Waals surface area contributed by atoms with Gasteiger partial charge in [-0.2, -0.15) is 0 Å². The number of guanidine groups is 1. The van der Waals surface area contributed by atoms with Gasteiger partial charge in [0, 0.05) is 20.2 Å². The van der Waals surface area contributed by atoms with Crippen LogP contribution in [0.1, 0.15) is 12.5 Å². The standard InChI is InChI=1S/C18H25N3O2.HI/c1-4-19-18(20-9-10-22-2)21-13-14-5-6-16-12-17(23-3)8-7-15(16)11-14;/h5-8,11-12H,4,9-10,13H2,1-3H3,(H2,19,20,21);1H. The second-order valence-electron chi connectivity index (χ2n) is 5.16. The summed E-state index contributed by atoms with van der Waals surface area (Å²) in [4.78, 5) is 4.61. The Balaban J connectivity index is 0.00000288. The molecule has 0 spiro atoms. The maximum atomic E-state index is 5.26. The van der Waals surface area contributed by atoms with Gasteiger partial charge < -0.3 is 20.1 Å². The minimum absolute atomic E-state index is 0. The molecule has 6 heteroatoms. The van der Waals surface area contributed by atoms with Gasteiger partial charge in [-0.25, -0.2) is 4.99 Å². The van der Waals surface area contributed by atoms with Gasteiger partial charge in [-0.1, -0.05) is 18.2 Å². The molecule has 132 valence electrons. The zero-order valence-corrected chi connectivity index (χ0v) is 16.8. The highest BCUT2D eigenvalue weighted by atomic mass is 127. The molecule has 2 rings (SSSR count). The normalized spacial score (nSPS) is 11.0. The van der Waals surface area contributed by atoms with Crippen molar-refractivity contribution in [2.24, 2.45) is 4.99 Å². The van der Waals surface area contributed by atoms with Crippen LogP contribution in [0.2, 0.25) is 0 Å². The minimum atomic E-state index is 0. The van der Waals surface area contributed by atoms with Crippen LogP contribution in [0, 0.1) is 0 Å². The number of methoxy groups -OCH3 is 2. The predicted molar refractivity (Wildman–Crippen MR) is 111 cm³/mol. The van der Waals surface area contributed by atoms with E-state index in [1.165, 1.54) is 16.3 Å². The second kappa shape index (κ2) is 11.1. The van der Waals surface area contributed by atoms with Gasteiger partial charge in [0.1, 0.15) is 5.75 Å². The van der Waals surface area contributed by atoms with Gasteiger partial charge in [-0.3, -0.25) is 0 Å². The second-order valence-corrected chi connectivity index (χ2v) is 5.16. The van der Waals surface area contributed by atoms with Crippen molar-refractivity contribution in [3.05, 3.63) is 42.0 Å². The maximum absolute atomic E-state index is 5.26. The molecular weight excluding hydrogens is 417 g/mol. The first-order valence-electron chi connectivity index (χ1n) is 7.84. The van der Waals surface area contributed by atoms with Crippen LogP contribution in [0.15, 0.2) is 41.4 Å². The third kappa shape index (κ3) is 6.16. The summed E-state index contributed by atoms with van der Waals surface area (Å²) in [6.07, 6.45) is 0. The van der Waals surface area contributed by atoms with Crippen molar-refractivity contribution in [2.75, 3.05) is 33.9 Å². The van der Waals surface area contributed by atoms with E-state index in [-0.39, 0.29) is 24.0 Å². The third-order valence-corrected chi connectivity index (χ3v) is 3.47. The molecule has 0 aliphatic heterocycles. The highest BCUT2D eigenvalue weighted by Gasteiger charge is 2.00. The van der Waals surface area contributed by atoms with Crippen molar-refractivity contribution in [1.82, 2.24) is 10.6 Å². The molecule has 0 fully saturated rings. The highest BCUT2D eigenvalue weighted by Crippen LogP contribution is 2.22. The van der Waals surface area contributed by atoms with Crippen LogP contribution in [0.3, 0.4) is 0 Å². The number of nitrogens with zero attached hydrogens (tertiary/aromatic N) is 1. The van der Waals surface area contributed by atoms with Gasteiger partial charge in [0.2, 0.25) is 0 Å². The summed E-state index contributed by atoms with van der Waals surface area (Å²) < 4.78 is 10.3. The van der Waals surface area contributed by atoms with Gasteiger partial charge in [0.15, 0.2) is 5.96 Å². The van der Waals surface area contributed by atoms with E-state index in [2.05, 4.69) is 46.8 Å². The molecule has 0 atom stereocenters. The summed E-state index contributed by atoms with van der Waals surface area (Å²) in [5.41, 5.74) is 1.17. The summed E-state index contributed by atoms with van der Waals surface area (Å²) >= 11 is 0. The lowest BCUT2D eigenvalue weighted by Crippen LogP contribution is -2.38. The molecule has 0 unspecified atom stereocenters. The molecule has 2 aromatic rings. The molecule has 0 amide bonds. The van der Waals surface area contributed by atoms with Gasteiger partial charge in [-0.15, -0.1) is 24.0 Å². The fraction of sp³-hybridized carbons (Fsp3) is 0.389. The molecule has 2 N–H and O–H groups in total. The first-order chi connectivity index (χ1) is 11.3. The Morgan fingerprint density at radius 3 is 2.50 bits per heavy atom. The van der Waals surface area contributed by atoms with Crippen LogP contribution in [0.4, 0.5) is 0 Å². The number of nitrogens with one attached hydrogen (secondary N) is 2. The summed E-state index contributed by atoms with van der Waals surface area (Å²) in [6.45, 7) is 4.90. The summed E-state index contributed by atoms with van der Waals surface area (Å²) in [5.74, 6) is 1.68. The highest BCUT2D eigenvalue weighted by molar-refractivity contribution is 14.0. The van der Waals surface area contributed by atoms with Gasteiger partial charge in [0.25, 0.3) is 0 Å². The van der Waals surface area contributed by atoms with E-state index in [4.69, 9.17) is 9.47 Å². The number of hydrogen-bond acceptors (Lipinski definition) is 3. The summed E-state index contributed by atoms with van der Waals surface area (Å²) in [5, 5.41) is 8.83. The first-order valence-corrected chi connectivity index (χ1v) is 7.84. The number of rotatable bonds is 7. The molecule has 0 saturated carbocycles. The van der Waals surface area contributed by atoms with Gasteiger partial charge in [-0.05, 0) is 41.5 Å².